The monoisotopic (exact) mass is 196 g/mol. The number of methoxy groups -OCH3 is 1. The summed E-state index contributed by atoms with van der Waals surface area (Å²) in [7, 11) is 1.51. The first-order valence-corrected chi connectivity index (χ1v) is 4.54. The summed E-state index contributed by atoms with van der Waals surface area (Å²) in [5.74, 6) is 0.283. The molecule has 1 rings (SSSR count). The highest BCUT2D eigenvalue weighted by atomic mass is 19.1. The molecule has 0 aliphatic carbocycles. The highest BCUT2D eigenvalue weighted by Crippen LogP contribution is 2.22. The van der Waals surface area contributed by atoms with Crippen molar-refractivity contribution in [3.63, 3.8) is 0 Å². The van der Waals surface area contributed by atoms with Gasteiger partial charge in [-0.25, -0.2) is 4.39 Å². The zero-order valence-electron chi connectivity index (χ0n) is 8.13. The molecule has 76 valence electrons. The molecule has 0 aromatic heterocycles. The van der Waals surface area contributed by atoms with Crippen LogP contribution in [0.1, 0.15) is 18.4 Å². The van der Waals surface area contributed by atoms with E-state index < -0.39 is 0 Å². The predicted molar refractivity (Wildman–Crippen MR) is 52.0 cm³/mol. The first-order chi connectivity index (χ1) is 6.79. The zero-order valence-corrected chi connectivity index (χ0v) is 8.13. The van der Waals surface area contributed by atoms with Gasteiger partial charge in [0.15, 0.2) is 0 Å². The fourth-order valence-electron chi connectivity index (χ4n) is 1.33. The number of ether oxygens (including phenoxy) is 1. The lowest BCUT2D eigenvalue weighted by molar-refractivity contribution is -0.107. The van der Waals surface area contributed by atoms with Crippen LogP contribution < -0.4 is 4.74 Å². The lowest BCUT2D eigenvalue weighted by Crippen LogP contribution is -1.96. The van der Waals surface area contributed by atoms with Crippen molar-refractivity contribution in [1.82, 2.24) is 0 Å². The van der Waals surface area contributed by atoms with Gasteiger partial charge in [0, 0.05) is 12.0 Å². The number of halogens is 1. The molecule has 2 nitrogen and oxygen atoms in total. The fourth-order valence-corrected chi connectivity index (χ4v) is 1.33. The largest absolute Gasteiger partial charge is 0.496 e. The first-order valence-electron chi connectivity index (χ1n) is 4.54. The molecule has 1 aromatic carbocycles. The maximum atomic E-state index is 13.3. The topological polar surface area (TPSA) is 26.3 Å². The minimum Gasteiger partial charge on any atom is -0.496 e. The van der Waals surface area contributed by atoms with Crippen molar-refractivity contribution in [3.8, 4) is 5.75 Å². The van der Waals surface area contributed by atoms with Gasteiger partial charge >= 0.3 is 0 Å². The van der Waals surface area contributed by atoms with Crippen molar-refractivity contribution in [2.24, 2.45) is 0 Å². The summed E-state index contributed by atoms with van der Waals surface area (Å²) in [6.07, 6.45) is 2.49. The molecule has 0 spiro atoms. The molecule has 0 unspecified atom stereocenters. The van der Waals surface area contributed by atoms with Crippen LogP contribution in [0.15, 0.2) is 18.2 Å². The third-order valence-corrected chi connectivity index (χ3v) is 2.04. The van der Waals surface area contributed by atoms with Crippen molar-refractivity contribution >= 4 is 6.29 Å². The van der Waals surface area contributed by atoms with E-state index in [2.05, 4.69) is 0 Å². The first kappa shape index (κ1) is 10.7. The normalized spacial score (nSPS) is 9.86. The van der Waals surface area contributed by atoms with E-state index in [0.717, 1.165) is 6.29 Å². The summed E-state index contributed by atoms with van der Waals surface area (Å²) in [5, 5.41) is 0. The average molecular weight is 196 g/mol. The number of carbonyl (C=O) groups is 1. The van der Waals surface area contributed by atoms with Crippen molar-refractivity contribution < 1.29 is 13.9 Å². The van der Waals surface area contributed by atoms with E-state index in [4.69, 9.17) is 4.74 Å². The van der Waals surface area contributed by atoms with Crippen LogP contribution in [0.4, 0.5) is 4.39 Å². The van der Waals surface area contributed by atoms with Crippen LogP contribution in [0, 0.1) is 5.82 Å². The van der Waals surface area contributed by atoms with E-state index in [9.17, 15) is 9.18 Å². The molecule has 0 bridgehead atoms. The molecule has 0 atom stereocenters. The highest BCUT2D eigenvalue weighted by molar-refractivity contribution is 5.49. The highest BCUT2D eigenvalue weighted by Gasteiger charge is 2.07. The Morgan fingerprint density at radius 3 is 2.93 bits per heavy atom. The quantitative estimate of drug-likeness (QED) is 0.533. The predicted octanol–water partition coefficient (Wildman–Crippen LogP) is 2.36. The molecule has 0 fully saturated rings. The molecule has 0 amide bonds. The number of rotatable bonds is 5. The van der Waals surface area contributed by atoms with Gasteiger partial charge in [-0.3, -0.25) is 0 Å². The summed E-state index contributed by atoms with van der Waals surface area (Å²) in [5.41, 5.74) is 0.553. The van der Waals surface area contributed by atoms with Crippen molar-refractivity contribution in [2.75, 3.05) is 7.11 Å². The Labute approximate surface area is 82.7 Å². The van der Waals surface area contributed by atoms with Gasteiger partial charge in [0.25, 0.3) is 0 Å². The lowest BCUT2D eigenvalue weighted by atomic mass is 10.1. The minimum atomic E-state index is -0.268. The molecule has 14 heavy (non-hydrogen) atoms. The molecule has 0 heterocycles. The Hall–Kier alpha value is -1.38. The Kier molecular flexibility index (Phi) is 4.11. The molecule has 0 aliphatic rings. The Balaban J connectivity index is 2.76. The fraction of sp³-hybridized carbons (Fsp3) is 0.364. The van der Waals surface area contributed by atoms with Crippen LogP contribution in [-0.2, 0) is 11.2 Å². The van der Waals surface area contributed by atoms with E-state index in [0.29, 0.717) is 30.6 Å². The van der Waals surface area contributed by atoms with E-state index in [1.807, 2.05) is 0 Å². The summed E-state index contributed by atoms with van der Waals surface area (Å²) < 4.78 is 18.3. The van der Waals surface area contributed by atoms with Gasteiger partial charge in [0.1, 0.15) is 17.9 Å². The van der Waals surface area contributed by atoms with Crippen LogP contribution in [0.25, 0.3) is 0 Å². The van der Waals surface area contributed by atoms with Gasteiger partial charge in [0.2, 0.25) is 0 Å². The van der Waals surface area contributed by atoms with Gasteiger partial charge in [0.05, 0.1) is 7.11 Å². The van der Waals surface area contributed by atoms with Crippen molar-refractivity contribution in [3.05, 3.63) is 29.6 Å². The number of carbonyl (C=O) groups excluding carboxylic acids is 1. The molecular weight excluding hydrogens is 183 g/mol. The summed E-state index contributed by atoms with van der Waals surface area (Å²) >= 11 is 0. The van der Waals surface area contributed by atoms with Crippen LogP contribution in [0.5, 0.6) is 5.75 Å². The third-order valence-electron chi connectivity index (χ3n) is 2.04. The van der Waals surface area contributed by atoms with Gasteiger partial charge in [-0.1, -0.05) is 6.07 Å². The standard InChI is InChI=1S/C11H13FO2/c1-14-11-7-4-6-10(12)9(11)5-2-3-8-13/h4,6-8H,2-3,5H2,1H3. The van der Waals surface area contributed by atoms with Crippen molar-refractivity contribution in [2.45, 2.75) is 19.3 Å². The van der Waals surface area contributed by atoms with Crippen molar-refractivity contribution in [1.29, 1.82) is 0 Å². The smallest absolute Gasteiger partial charge is 0.130 e. The Bertz CT molecular complexity index is 310. The van der Waals surface area contributed by atoms with Gasteiger partial charge in [-0.05, 0) is 25.0 Å². The molecule has 0 saturated heterocycles. The second kappa shape index (κ2) is 5.37. The number of hydrogen-bond acceptors (Lipinski definition) is 2. The second-order valence-corrected chi connectivity index (χ2v) is 2.98. The number of hydrogen-bond donors (Lipinski definition) is 0. The third kappa shape index (κ3) is 2.55. The molecule has 3 heteroatoms. The van der Waals surface area contributed by atoms with Gasteiger partial charge < -0.3 is 9.53 Å². The molecule has 0 aliphatic heterocycles. The summed E-state index contributed by atoms with van der Waals surface area (Å²) in [6, 6.07) is 4.73. The molecule has 1 aromatic rings. The Morgan fingerprint density at radius 2 is 2.29 bits per heavy atom. The Morgan fingerprint density at radius 1 is 1.50 bits per heavy atom. The molecule has 0 N–H and O–H groups in total. The van der Waals surface area contributed by atoms with Crippen LogP contribution in [-0.4, -0.2) is 13.4 Å². The molecule has 0 radical (unpaired) electrons. The SMILES string of the molecule is COc1cccc(F)c1CCCC=O. The van der Waals surface area contributed by atoms with Crippen LogP contribution >= 0.6 is 0 Å². The average Bonchev–Trinajstić information content (AvgIpc) is 2.20. The second-order valence-electron chi connectivity index (χ2n) is 2.98. The summed E-state index contributed by atoms with van der Waals surface area (Å²) in [6.45, 7) is 0. The number of aldehydes is 1. The van der Waals surface area contributed by atoms with E-state index >= 15 is 0 Å². The van der Waals surface area contributed by atoms with Crippen LogP contribution in [0.3, 0.4) is 0 Å². The zero-order chi connectivity index (χ0) is 10.4. The number of benzene rings is 1. The summed E-state index contributed by atoms with van der Waals surface area (Å²) in [4.78, 5) is 10.1. The van der Waals surface area contributed by atoms with E-state index in [-0.39, 0.29) is 5.82 Å². The van der Waals surface area contributed by atoms with E-state index in [1.54, 1.807) is 12.1 Å². The minimum absolute atomic E-state index is 0.268. The lowest BCUT2D eigenvalue weighted by Gasteiger charge is -2.08. The maximum Gasteiger partial charge on any atom is 0.130 e. The van der Waals surface area contributed by atoms with Crippen LogP contribution in [0.2, 0.25) is 0 Å². The van der Waals surface area contributed by atoms with Gasteiger partial charge in [-0.2, -0.15) is 0 Å². The van der Waals surface area contributed by atoms with Gasteiger partial charge in [-0.15, -0.1) is 0 Å². The molecule has 0 saturated carbocycles. The number of unbranched alkanes of at least 4 members (excludes halogenated alkanes) is 1. The maximum absolute atomic E-state index is 13.3. The molecular formula is C11H13FO2. The van der Waals surface area contributed by atoms with E-state index in [1.165, 1.54) is 13.2 Å².